The predicted molar refractivity (Wildman–Crippen MR) is 259 cm³/mol. The molecule has 8 aromatic carbocycles. The fraction of sp³-hybridized carbons (Fsp3) is 0.138. The van der Waals surface area contributed by atoms with Crippen molar-refractivity contribution in [2.45, 2.75) is 54.4 Å². The second-order valence-corrected chi connectivity index (χ2v) is 16.3. The van der Waals surface area contributed by atoms with E-state index in [0.29, 0.717) is 0 Å². The fourth-order valence-electron chi connectivity index (χ4n) is 8.03. The minimum absolute atomic E-state index is 1.02. The van der Waals surface area contributed by atoms with Gasteiger partial charge in [0.2, 0.25) is 0 Å². The van der Waals surface area contributed by atoms with Crippen molar-refractivity contribution >= 4 is 46.3 Å². The number of anilines is 6. The largest absolute Gasteiger partial charge is 0.310 e. The van der Waals surface area contributed by atoms with Gasteiger partial charge in [-0.3, -0.25) is 0 Å². The summed E-state index contributed by atoms with van der Waals surface area (Å²) in [7, 11) is 0. The molecule has 0 saturated carbocycles. The van der Waals surface area contributed by atoms with Gasteiger partial charge in [-0.2, -0.15) is 0 Å². The highest BCUT2D eigenvalue weighted by molar-refractivity contribution is 5.83. The van der Waals surface area contributed by atoms with Gasteiger partial charge in [0, 0.05) is 34.1 Å². The summed E-state index contributed by atoms with van der Waals surface area (Å²) in [6, 6.07) is 66.9. The van der Waals surface area contributed by atoms with Crippen LogP contribution < -0.4 is 9.80 Å². The SMILES string of the molecule is Cc1ccc(/C=C/c2ccc(N(c3ccc(-c4ccc(N(c5ccc(CCc6ccc(C)cc6)cc5)c5ccc(C)cc5C)cc4)cc3)c3ccc(C)cc3C)cc2)cc1. The molecule has 0 fully saturated rings. The van der Waals surface area contributed by atoms with Crippen LogP contribution in [0.5, 0.6) is 0 Å². The quantitative estimate of drug-likeness (QED) is 0.114. The molecule has 0 amide bonds. The van der Waals surface area contributed by atoms with Crippen LogP contribution in [0.3, 0.4) is 0 Å². The van der Waals surface area contributed by atoms with Gasteiger partial charge in [-0.15, -0.1) is 0 Å². The molecule has 296 valence electrons. The van der Waals surface area contributed by atoms with Crippen molar-refractivity contribution in [2.75, 3.05) is 9.80 Å². The molecule has 0 atom stereocenters. The van der Waals surface area contributed by atoms with Crippen LogP contribution >= 0.6 is 0 Å². The van der Waals surface area contributed by atoms with Gasteiger partial charge in [0.05, 0.1) is 0 Å². The van der Waals surface area contributed by atoms with Crippen LogP contribution in [0.15, 0.2) is 182 Å². The van der Waals surface area contributed by atoms with Crippen molar-refractivity contribution in [2.24, 2.45) is 0 Å². The van der Waals surface area contributed by atoms with E-state index in [4.69, 9.17) is 0 Å². The Balaban J connectivity index is 1.05. The normalized spacial score (nSPS) is 11.2. The fourth-order valence-corrected chi connectivity index (χ4v) is 8.03. The smallest absolute Gasteiger partial charge is 0.0490 e. The van der Waals surface area contributed by atoms with E-state index in [1.165, 1.54) is 78.1 Å². The van der Waals surface area contributed by atoms with Gasteiger partial charge >= 0.3 is 0 Å². The van der Waals surface area contributed by atoms with Gasteiger partial charge in [0.1, 0.15) is 0 Å². The van der Waals surface area contributed by atoms with Crippen LogP contribution in [0.25, 0.3) is 23.3 Å². The Bertz CT molecular complexity index is 2700. The van der Waals surface area contributed by atoms with Crippen LogP contribution in [-0.4, -0.2) is 0 Å². The second-order valence-electron chi connectivity index (χ2n) is 16.3. The molecule has 0 spiro atoms. The summed E-state index contributed by atoms with van der Waals surface area (Å²) in [5, 5.41) is 0. The summed E-state index contributed by atoms with van der Waals surface area (Å²) in [4.78, 5) is 4.75. The molecule has 60 heavy (non-hydrogen) atoms. The first-order valence-electron chi connectivity index (χ1n) is 21.1. The van der Waals surface area contributed by atoms with Crippen molar-refractivity contribution in [3.63, 3.8) is 0 Å². The first-order valence-corrected chi connectivity index (χ1v) is 21.1. The van der Waals surface area contributed by atoms with Crippen LogP contribution in [-0.2, 0) is 12.8 Å². The molecular weight excluding hydrogens is 725 g/mol. The van der Waals surface area contributed by atoms with Gasteiger partial charge in [-0.25, -0.2) is 0 Å². The van der Waals surface area contributed by atoms with E-state index in [-0.39, 0.29) is 0 Å². The lowest BCUT2D eigenvalue weighted by molar-refractivity contribution is 0.959. The number of hydrogen-bond donors (Lipinski definition) is 0. The third-order valence-corrected chi connectivity index (χ3v) is 11.5. The molecule has 2 heteroatoms. The summed E-state index contributed by atoms with van der Waals surface area (Å²) in [6.45, 7) is 13.0. The standard InChI is InChI=1S/C58H54N2/c1-41-7-13-47(14-8-41)17-19-49-21-29-53(30-22-49)59(57-37-11-43(3)39-45(57)5)55-33-25-51(26-34-55)52-27-35-56(36-28-52)60(58-38-12-44(4)40-46(58)6)54-31-23-50(24-32-54)20-18-48-15-9-42(2)10-16-48/h7-17,19,21-40H,18,20H2,1-6H3/b19-17+. The van der Waals surface area contributed by atoms with Crippen LogP contribution in [0.4, 0.5) is 34.1 Å². The van der Waals surface area contributed by atoms with E-state index in [1.807, 2.05) is 0 Å². The molecule has 0 aliphatic carbocycles. The van der Waals surface area contributed by atoms with Crippen molar-refractivity contribution in [1.82, 2.24) is 0 Å². The maximum atomic E-state index is 2.39. The molecule has 0 bridgehead atoms. The van der Waals surface area contributed by atoms with Crippen LogP contribution in [0.2, 0.25) is 0 Å². The van der Waals surface area contributed by atoms with Gasteiger partial charge in [-0.1, -0.05) is 156 Å². The Labute approximate surface area is 357 Å². The van der Waals surface area contributed by atoms with Crippen LogP contribution in [0, 0.1) is 41.5 Å². The monoisotopic (exact) mass is 778 g/mol. The zero-order valence-electron chi connectivity index (χ0n) is 35.8. The Hall–Kier alpha value is -6.90. The second kappa shape index (κ2) is 17.9. The van der Waals surface area contributed by atoms with Gasteiger partial charge in [0.25, 0.3) is 0 Å². The summed E-state index contributed by atoms with van der Waals surface area (Å²) in [5.41, 5.74) is 21.9. The minimum atomic E-state index is 1.02. The highest BCUT2D eigenvalue weighted by Crippen LogP contribution is 2.40. The zero-order chi connectivity index (χ0) is 41.6. The van der Waals surface area contributed by atoms with Crippen molar-refractivity contribution < 1.29 is 0 Å². The Morgan fingerprint density at radius 2 is 0.617 bits per heavy atom. The van der Waals surface area contributed by atoms with Gasteiger partial charge in [0.15, 0.2) is 0 Å². The maximum Gasteiger partial charge on any atom is 0.0490 e. The third kappa shape index (κ3) is 9.35. The third-order valence-electron chi connectivity index (χ3n) is 11.5. The number of hydrogen-bond acceptors (Lipinski definition) is 2. The molecule has 0 aromatic heterocycles. The number of benzene rings is 8. The van der Waals surface area contributed by atoms with Crippen LogP contribution in [0.1, 0.15) is 55.6 Å². The minimum Gasteiger partial charge on any atom is -0.310 e. The first-order chi connectivity index (χ1) is 29.2. The highest BCUT2D eigenvalue weighted by Gasteiger charge is 2.17. The average Bonchev–Trinajstić information content (AvgIpc) is 3.26. The van der Waals surface area contributed by atoms with E-state index >= 15 is 0 Å². The molecule has 8 rings (SSSR count). The summed E-state index contributed by atoms with van der Waals surface area (Å²) in [6.07, 6.45) is 6.41. The van der Waals surface area contributed by atoms with Crippen molar-refractivity contribution in [3.05, 3.63) is 238 Å². The first kappa shape index (κ1) is 39.9. The van der Waals surface area contributed by atoms with Gasteiger partial charge in [-0.05, 0) is 160 Å². The number of nitrogens with zero attached hydrogens (tertiary/aromatic N) is 2. The Morgan fingerprint density at radius 1 is 0.317 bits per heavy atom. The van der Waals surface area contributed by atoms with Crippen molar-refractivity contribution in [3.8, 4) is 11.1 Å². The lowest BCUT2D eigenvalue weighted by Gasteiger charge is -2.28. The lowest BCUT2D eigenvalue weighted by atomic mass is 10.0. The summed E-state index contributed by atoms with van der Waals surface area (Å²) < 4.78 is 0. The molecule has 0 unspecified atom stereocenters. The lowest BCUT2D eigenvalue weighted by Crippen LogP contribution is -2.11. The zero-order valence-corrected chi connectivity index (χ0v) is 35.8. The Morgan fingerprint density at radius 3 is 1.00 bits per heavy atom. The summed E-state index contributed by atoms with van der Waals surface area (Å²) >= 11 is 0. The number of aryl methyl sites for hydroxylation is 8. The van der Waals surface area contributed by atoms with E-state index in [0.717, 1.165) is 35.6 Å². The topological polar surface area (TPSA) is 6.48 Å². The molecular formula is C58H54N2. The van der Waals surface area contributed by atoms with E-state index in [1.54, 1.807) is 0 Å². The van der Waals surface area contributed by atoms with E-state index < -0.39 is 0 Å². The number of rotatable bonds is 12. The molecule has 0 aliphatic rings. The molecule has 0 radical (unpaired) electrons. The molecule has 0 heterocycles. The highest BCUT2D eigenvalue weighted by atomic mass is 15.1. The van der Waals surface area contributed by atoms with E-state index in [2.05, 4.69) is 245 Å². The maximum absolute atomic E-state index is 2.39. The Kier molecular flexibility index (Phi) is 11.9. The molecule has 0 N–H and O–H groups in total. The molecule has 2 nitrogen and oxygen atoms in total. The van der Waals surface area contributed by atoms with Gasteiger partial charge < -0.3 is 9.80 Å². The average molecular weight is 779 g/mol. The molecule has 0 aliphatic heterocycles. The molecule has 8 aromatic rings. The summed E-state index contributed by atoms with van der Waals surface area (Å²) in [5.74, 6) is 0. The van der Waals surface area contributed by atoms with Crippen molar-refractivity contribution in [1.29, 1.82) is 0 Å². The van der Waals surface area contributed by atoms with E-state index in [9.17, 15) is 0 Å². The predicted octanol–water partition coefficient (Wildman–Crippen LogP) is 16.1. The molecule has 0 saturated heterocycles.